The van der Waals surface area contributed by atoms with Gasteiger partial charge < -0.3 is 19.3 Å². The largest absolute Gasteiger partial charge is 0.508 e. The summed E-state index contributed by atoms with van der Waals surface area (Å²) in [6.45, 7) is 12.3. The molecular formula is C21H42N2O7S. The third kappa shape index (κ3) is 15.5. The molecule has 184 valence electrons. The average molecular weight is 467 g/mol. The lowest BCUT2D eigenvalue weighted by Gasteiger charge is -2.33. The summed E-state index contributed by atoms with van der Waals surface area (Å²) in [5.74, 6) is 0.930. The number of carbonyl (C=O) groups is 1. The van der Waals surface area contributed by atoms with Crippen LogP contribution >= 0.6 is 0 Å². The van der Waals surface area contributed by atoms with Crippen molar-refractivity contribution in [2.24, 2.45) is 11.8 Å². The van der Waals surface area contributed by atoms with Crippen LogP contribution in [0.3, 0.4) is 0 Å². The molecule has 31 heavy (non-hydrogen) atoms. The number of hydrogen-bond acceptors (Lipinski definition) is 7. The summed E-state index contributed by atoms with van der Waals surface area (Å²) in [4.78, 5) is 17.0. The molecule has 0 bridgehead atoms. The third-order valence-corrected chi connectivity index (χ3v) is 5.74. The van der Waals surface area contributed by atoms with Crippen LogP contribution in [0.1, 0.15) is 65.2 Å². The molecule has 2 rings (SSSR count). The van der Waals surface area contributed by atoms with E-state index in [9.17, 15) is 4.79 Å². The normalized spacial score (nSPS) is 23.0. The second kappa shape index (κ2) is 15.8. The molecule has 10 heteroatoms. The van der Waals surface area contributed by atoms with Crippen molar-refractivity contribution in [1.29, 1.82) is 0 Å². The maximum absolute atomic E-state index is 12.0. The molecule has 2 heterocycles. The highest BCUT2D eigenvalue weighted by Gasteiger charge is 2.23. The van der Waals surface area contributed by atoms with E-state index in [1.165, 1.54) is 64.7 Å². The highest BCUT2D eigenvalue weighted by molar-refractivity contribution is 7.79. The van der Waals surface area contributed by atoms with Gasteiger partial charge in [0, 0.05) is 24.9 Å². The van der Waals surface area contributed by atoms with Gasteiger partial charge in [0.2, 0.25) is 0 Å². The van der Waals surface area contributed by atoms with Crippen LogP contribution in [0.15, 0.2) is 0 Å². The Kier molecular flexibility index (Phi) is 14.3. The Morgan fingerprint density at radius 1 is 0.871 bits per heavy atom. The van der Waals surface area contributed by atoms with Crippen LogP contribution in [0, 0.1) is 11.8 Å². The number of hydrogen-bond donors (Lipinski definition) is 2. The lowest BCUT2D eigenvalue weighted by molar-refractivity contribution is 0.0154. The van der Waals surface area contributed by atoms with Gasteiger partial charge in [0.05, 0.1) is 13.2 Å². The lowest BCUT2D eigenvalue weighted by Crippen LogP contribution is -2.39. The molecule has 0 aliphatic carbocycles. The predicted molar refractivity (Wildman–Crippen MR) is 120 cm³/mol. The van der Waals surface area contributed by atoms with E-state index in [2.05, 4.69) is 23.6 Å². The van der Waals surface area contributed by atoms with Crippen molar-refractivity contribution in [3.63, 3.8) is 0 Å². The van der Waals surface area contributed by atoms with Gasteiger partial charge in [0.1, 0.15) is 0 Å². The van der Waals surface area contributed by atoms with Crippen molar-refractivity contribution in [2.45, 2.75) is 65.2 Å². The number of nitrogens with zero attached hydrogens (tertiary/aromatic N) is 2. The molecule has 0 aromatic heterocycles. The number of rotatable bonds is 10. The number of piperidine rings is 2. The monoisotopic (exact) mass is 466 g/mol. The van der Waals surface area contributed by atoms with Crippen molar-refractivity contribution in [3.05, 3.63) is 0 Å². The van der Waals surface area contributed by atoms with E-state index in [1.54, 1.807) is 0 Å². The van der Waals surface area contributed by atoms with Crippen molar-refractivity contribution in [2.75, 3.05) is 52.5 Å². The molecule has 2 fully saturated rings. The van der Waals surface area contributed by atoms with E-state index in [1.807, 2.05) is 0 Å². The molecule has 0 saturated carbocycles. The molecular weight excluding hydrogens is 424 g/mol. The van der Waals surface area contributed by atoms with E-state index < -0.39 is 16.6 Å². The second-order valence-electron chi connectivity index (χ2n) is 8.64. The van der Waals surface area contributed by atoms with Gasteiger partial charge in [-0.3, -0.25) is 9.11 Å². The van der Waals surface area contributed by atoms with Gasteiger partial charge in [-0.1, -0.05) is 26.7 Å². The Bertz CT molecular complexity index is 546. The molecule has 2 aliphatic rings. The Labute approximate surface area is 188 Å². The Morgan fingerprint density at radius 3 is 1.61 bits per heavy atom. The standard InChI is InChI=1S/C21H40N2O3.H2O4S/c1-3-5-11-22-13-7-9-19(15-22)17-25-21(24)26-18-20-10-8-14-23(16-20)12-6-4-2;1-5(2,3)4/h19-20H,3-18H2,1-2H3;(H2,1,2,3,4). The second-order valence-corrected chi connectivity index (χ2v) is 9.54. The number of carbonyl (C=O) groups excluding carboxylic acids is 1. The predicted octanol–water partition coefficient (Wildman–Crippen LogP) is 3.51. The molecule has 0 aromatic carbocycles. The molecule has 2 aliphatic heterocycles. The highest BCUT2D eigenvalue weighted by Crippen LogP contribution is 2.19. The van der Waals surface area contributed by atoms with E-state index in [4.69, 9.17) is 27.0 Å². The topological polar surface area (TPSA) is 117 Å². The van der Waals surface area contributed by atoms with Gasteiger partial charge in [0.25, 0.3) is 0 Å². The average Bonchev–Trinajstić information content (AvgIpc) is 2.73. The van der Waals surface area contributed by atoms with E-state index in [0.29, 0.717) is 25.0 Å². The zero-order valence-corrected chi connectivity index (χ0v) is 20.0. The Balaban J connectivity index is 0.000000861. The first-order valence-corrected chi connectivity index (χ1v) is 13.0. The van der Waals surface area contributed by atoms with Gasteiger partial charge in [-0.2, -0.15) is 8.42 Å². The van der Waals surface area contributed by atoms with Crippen LogP contribution in [0.4, 0.5) is 4.79 Å². The van der Waals surface area contributed by atoms with E-state index >= 15 is 0 Å². The Hall–Kier alpha value is -0.940. The zero-order chi connectivity index (χ0) is 23.1. The van der Waals surface area contributed by atoms with Crippen molar-refractivity contribution in [1.82, 2.24) is 9.80 Å². The SMILES string of the molecule is CCCCN1CCCC(COC(=O)OCC2CCCN(CCCC)C2)C1.O=S(=O)(O)O. The quantitative estimate of drug-likeness (QED) is 0.368. The van der Waals surface area contributed by atoms with Gasteiger partial charge in [0.15, 0.2) is 0 Å². The van der Waals surface area contributed by atoms with E-state index in [-0.39, 0.29) is 0 Å². The summed E-state index contributed by atoms with van der Waals surface area (Å²) in [6.07, 6.45) is 9.25. The van der Waals surface area contributed by atoms with Crippen molar-refractivity contribution >= 4 is 16.6 Å². The minimum absolute atomic E-state index is 0.465. The minimum Gasteiger partial charge on any atom is -0.434 e. The fourth-order valence-corrected chi connectivity index (χ4v) is 4.16. The van der Waals surface area contributed by atoms with Crippen molar-refractivity contribution < 1.29 is 31.8 Å². The smallest absolute Gasteiger partial charge is 0.434 e. The molecule has 0 spiro atoms. The summed E-state index contributed by atoms with van der Waals surface area (Å²) in [5.41, 5.74) is 0. The minimum atomic E-state index is -4.67. The summed E-state index contributed by atoms with van der Waals surface area (Å²) in [6, 6.07) is 0. The molecule has 0 radical (unpaired) electrons. The Morgan fingerprint density at radius 2 is 1.26 bits per heavy atom. The summed E-state index contributed by atoms with van der Waals surface area (Å²) in [7, 11) is -4.67. The molecule has 9 nitrogen and oxygen atoms in total. The van der Waals surface area contributed by atoms with Gasteiger partial charge in [-0.15, -0.1) is 0 Å². The summed E-state index contributed by atoms with van der Waals surface area (Å²) < 4.78 is 42.4. The first-order chi connectivity index (χ1) is 14.7. The summed E-state index contributed by atoms with van der Waals surface area (Å²) >= 11 is 0. The highest BCUT2D eigenvalue weighted by atomic mass is 32.3. The fraction of sp³-hybridized carbons (Fsp3) is 0.952. The third-order valence-electron chi connectivity index (χ3n) is 5.74. The van der Waals surface area contributed by atoms with Crippen molar-refractivity contribution in [3.8, 4) is 0 Å². The van der Waals surface area contributed by atoms with E-state index in [0.717, 1.165) is 25.9 Å². The first-order valence-electron chi connectivity index (χ1n) is 11.6. The van der Waals surface area contributed by atoms with Crippen LogP contribution < -0.4 is 0 Å². The van der Waals surface area contributed by atoms with Crippen LogP contribution in [0.25, 0.3) is 0 Å². The van der Waals surface area contributed by atoms with Crippen LogP contribution in [0.2, 0.25) is 0 Å². The molecule has 0 aromatic rings. The van der Waals surface area contributed by atoms with Gasteiger partial charge in [-0.25, -0.2) is 4.79 Å². The van der Waals surface area contributed by atoms with Gasteiger partial charge >= 0.3 is 16.6 Å². The maximum atomic E-state index is 12.0. The van der Waals surface area contributed by atoms with Crippen LogP contribution in [0.5, 0.6) is 0 Å². The lowest BCUT2D eigenvalue weighted by atomic mass is 9.98. The maximum Gasteiger partial charge on any atom is 0.508 e. The number of unbranched alkanes of at least 4 members (excludes halogenated alkanes) is 2. The molecule has 2 atom stereocenters. The zero-order valence-electron chi connectivity index (χ0n) is 19.2. The van der Waals surface area contributed by atoms with Crippen LogP contribution in [-0.4, -0.2) is 86.0 Å². The molecule has 2 unspecified atom stereocenters. The number of likely N-dealkylation sites (tertiary alicyclic amines) is 2. The molecule has 0 amide bonds. The fourth-order valence-electron chi connectivity index (χ4n) is 4.16. The van der Waals surface area contributed by atoms with Crippen LogP contribution in [-0.2, 0) is 19.9 Å². The summed E-state index contributed by atoms with van der Waals surface area (Å²) in [5, 5.41) is 0. The molecule has 2 N–H and O–H groups in total. The molecule has 2 saturated heterocycles. The number of ether oxygens (including phenoxy) is 2. The first kappa shape index (κ1) is 28.1. The van der Waals surface area contributed by atoms with Gasteiger partial charge in [-0.05, 0) is 64.7 Å².